The van der Waals surface area contributed by atoms with Crippen molar-refractivity contribution in [1.82, 2.24) is 25.2 Å². The summed E-state index contributed by atoms with van der Waals surface area (Å²) in [6.45, 7) is 4.78. The summed E-state index contributed by atoms with van der Waals surface area (Å²) in [5.74, 6) is -1.98. The molecule has 2 atom stereocenters. The molecule has 8 nitrogen and oxygen atoms in total. The van der Waals surface area contributed by atoms with Crippen LogP contribution in [0.2, 0.25) is 0 Å². The molecule has 4 rings (SSSR count). The summed E-state index contributed by atoms with van der Waals surface area (Å²) in [5, 5.41) is 19.4. The van der Waals surface area contributed by atoms with E-state index in [1.807, 2.05) is 6.92 Å². The fraction of sp³-hybridized carbons (Fsp3) is 0.458. The number of anilines is 1. The van der Waals surface area contributed by atoms with Crippen molar-refractivity contribution in [1.29, 1.82) is 0 Å². The number of carbonyl (C=O) groups excluding carboxylic acids is 1. The maximum Gasteiger partial charge on any atom is 0.419 e. The van der Waals surface area contributed by atoms with E-state index in [1.54, 1.807) is 6.07 Å². The van der Waals surface area contributed by atoms with E-state index in [1.165, 1.54) is 30.0 Å². The quantitative estimate of drug-likeness (QED) is 0.424. The molecule has 12 heteroatoms. The first-order valence-corrected chi connectivity index (χ1v) is 11.7. The largest absolute Gasteiger partial charge is 0.419 e. The number of hydrogen-bond donors (Lipinski definition) is 3. The van der Waals surface area contributed by atoms with Gasteiger partial charge in [-0.25, -0.2) is 13.9 Å². The van der Waals surface area contributed by atoms with Crippen molar-refractivity contribution in [2.45, 2.75) is 51.0 Å². The van der Waals surface area contributed by atoms with Crippen LogP contribution >= 0.6 is 0 Å². The zero-order valence-corrected chi connectivity index (χ0v) is 19.9. The van der Waals surface area contributed by atoms with E-state index >= 15 is 0 Å². The summed E-state index contributed by atoms with van der Waals surface area (Å²) in [6.07, 6.45) is -0.332. The summed E-state index contributed by atoms with van der Waals surface area (Å²) >= 11 is 0. The van der Waals surface area contributed by atoms with Gasteiger partial charge in [0.15, 0.2) is 5.65 Å². The molecule has 36 heavy (non-hydrogen) atoms. The van der Waals surface area contributed by atoms with Crippen molar-refractivity contribution in [3.63, 3.8) is 0 Å². The van der Waals surface area contributed by atoms with Gasteiger partial charge in [-0.2, -0.15) is 18.3 Å². The zero-order chi connectivity index (χ0) is 26.0. The van der Waals surface area contributed by atoms with E-state index in [2.05, 4.69) is 25.6 Å². The summed E-state index contributed by atoms with van der Waals surface area (Å²) in [4.78, 5) is 19.5. The first kappa shape index (κ1) is 25.8. The molecule has 3 aromatic rings. The third-order valence-corrected chi connectivity index (χ3v) is 6.40. The van der Waals surface area contributed by atoms with E-state index in [0.29, 0.717) is 30.5 Å². The first-order valence-electron chi connectivity index (χ1n) is 11.7. The molecule has 1 aromatic carbocycles. The number of nitrogens with zero attached hydrogens (tertiary/aromatic N) is 4. The third kappa shape index (κ3) is 5.44. The fourth-order valence-electron chi connectivity index (χ4n) is 4.47. The van der Waals surface area contributed by atoms with Crippen LogP contribution in [-0.2, 0) is 6.18 Å². The van der Waals surface area contributed by atoms with E-state index in [-0.39, 0.29) is 29.8 Å². The van der Waals surface area contributed by atoms with Crippen molar-refractivity contribution in [3.05, 3.63) is 59.3 Å². The van der Waals surface area contributed by atoms with Crippen molar-refractivity contribution in [2.24, 2.45) is 0 Å². The molecule has 0 aliphatic carbocycles. The Morgan fingerprint density at radius 3 is 2.64 bits per heavy atom. The summed E-state index contributed by atoms with van der Waals surface area (Å²) in [5.41, 5.74) is -0.146. The number of alkyl halides is 3. The highest BCUT2D eigenvalue weighted by Gasteiger charge is 2.35. The van der Waals surface area contributed by atoms with Gasteiger partial charge in [0, 0.05) is 36.9 Å². The Kier molecular flexibility index (Phi) is 7.46. The van der Waals surface area contributed by atoms with Crippen molar-refractivity contribution < 1.29 is 27.5 Å². The molecule has 0 saturated carbocycles. The van der Waals surface area contributed by atoms with E-state index in [9.17, 15) is 27.5 Å². The lowest BCUT2D eigenvalue weighted by atomic mass is 10.0. The van der Waals surface area contributed by atoms with Crippen molar-refractivity contribution in [2.75, 3.05) is 24.6 Å². The number of halogens is 4. The standard InChI is InChI=1S/C24H28F4N6O2/c1-14(12-35)31-17-6-8-33(9-7-17)20-10-16(11-34-22(20)29-13-30-34)23(36)32-15(2)18-4-3-5-19(21(18)25)24(26,27)28/h3-5,10-11,13-15,17,31,35H,6-9,12H2,1-2H3,(H,32,36)/t14?,15-/m1/s1. The highest BCUT2D eigenvalue weighted by Crippen LogP contribution is 2.34. The van der Waals surface area contributed by atoms with Crippen LogP contribution in [0.15, 0.2) is 36.8 Å². The number of carbonyl (C=O) groups is 1. The van der Waals surface area contributed by atoms with Crippen LogP contribution in [0.4, 0.5) is 23.2 Å². The molecule has 3 heterocycles. The number of hydrogen-bond acceptors (Lipinski definition) is 6. The lowest BCUT2D eigenvalue weighted by Crippen LogP contribution is -2.46. The van der Waals surface area contributed by atoms with Gasteiger partial charge in [0.2, 0.25) is 0 Å². The number of fused-ring (bicyclic) bond motifs is 1. The number of nitrogens with one attached hydrogen (secondary N) is 2. The van der Waals surface area contributed by atoms with Gasteiger partial charge in [-0.3, -0.25) is 4.79 Å². The Bertz CT molecular complexity index is 1220. The Labute approximate surface area is 205 Å². The number of piperidine rings is 1. The number of benzene rings is 1. The highest BCUT2D eigenvalue weighted by atomic mass is 19.4. The molecule has 1 amide bonds. The van der Waals surface area contributed by atoms with Gasteiger partial charge >= 0.3 is 6.18 Å². The van der Waals surface area contributed by atoms with Crippen LogP contribution in [0.1, 0.15) is 54.2 Å². The average molecular weight is 509 g/mol. The Morgan fingerprint density at radius 2 is 1.97 bits per heavy atom. The van der Waals surface area contributed by atoms with Crippen LogP contribution < -0.4 is 15.5 Å². The third-order valence-electron chi connectivity index (χ3n) is 6.40. The second kappa shape index (κ2) is 10.4. The molecule has 1 unspecified atom stereocenters. The smallest absolute Gasteiger partial charge is 0.395 e. The summed E-state index contributed by atoms with van der Waals surface area (Å²) < 4.78 is 55.3. The minimum Gasteiger partial charge on any atom is -0.395 e. The second-order valence-electron chi connectivity index (χ2n) is 9.06. The van der Waals surface area contributed by atoms with E-state index in [0.717, 1.165) is 18.9 Å². The predicted molar refractivity (Wildman–Crippen MR) is 125 cm³/mol. The summed E-state index contributed by atoms with van der Waals surface area (Å²) in [7, 11) is 0. The topological polar surface area (TPSA) is 94.8 Å². The average Bonchev–Trinajstić information content (AvgIpc) is 3.32. The van der Waals surface area contributed by atoms with Gasteiger partial charge in [-0.05, 0) is 38.8 Å². The molecular formula is C24H28F4N6O2. The van der Waals surface area contributed by atoms with Gasteiger partial charge in [0.1, 0.15) is 12.1 Å². The molecule has 0 bridgehead atoms. The van der Waals surface area contributed by atoms with Gasteiger partial charge in [-0.1, -0.05) is 12.1 Å². The normalized spacial score (nSPS) is 16.8. The van der Waals surface area contributed by atoms with E-state index < -0.39 is 29.5 Å². The number of amides is 1. The van der Waals surface area contributed by atoms with Crippen LogP contribution in [0.3, 0.4) is 0 Å². The molecule has 1 saturated heterocycles. The zero-order valence-electron chi connectivity index (χ0n) is 19.9. The fourth-order valence-corrected chi connectivity index (χ4v) is 4.47. The molecule has 1 aliphatic heterocycles. The number of aliphatic hydroxyl groups excluding tert-OH is 1. The highest BCUT2D eigenvalue weighted by molar-refractivity contribution is 5.96. The number of pyridine rings is 1. The minimum atomic E-state index is -4.84. The molecule has 0 spiro atoms. The SMILES string of the molecule is CC(CO)NC1CCN(c2cc(C(=O)N[C@H](C)c3cccc(C(F)(F)F)c3F)cn3ncnc23)CC1. The number of rotatable bonds is 7. The van der Waals surface area contributed by atoms with Gasteiger partial charge < -0.3 is 20.6 Å². The monoisotopic (exact) mass is 508 g/mol. The van der Waals surface area contributed by atoms with Crippen molar-refractivity contribution >= 4 is 17.2 Å². The Morgan fingerprint density at radius 1 is 1.25 bits per heavy atom. The van der Waals surface area contributed by atoms with Crippen LogP contribution in [0, 0.1) is 5.82 Å². The van der Waals surface area contributed by atoms with Crippen LogP contribution in [-0.4, -0.2) is 57.4 Å². The van der Waals surface area contributed by atoms with Gasteiger partial charge in [0.25, 0.3) is 5.91 Å². The van der Waals surface area contributed by atoms with Crippen LogP contribution in [0.25, 0.3) is 5.65 Å². The molecule has 1 fully saturated rings. The molecule has 0 radical (unpaired) electrons. The van der Waals surface area contributed by atoms with E-state index in [4.69, 9.17) is 0 Å². The lowest BCUT2D eigenvalue weighted by Gasteiger charge is -2.35. The summed E-state index contributed by atoms with van der Waals surface area (Å²) in [6, 6.07) is 3.92. The van der Waals surface area contributed by atoms with Crippen molar-refractivity contribution in [3.8, 4) is 0 Å². The molecule has 194 valence electrons. The lowest BCUT2D eigenvalue weighted by molar-refractivity contribution is -0.140. The van der Waals surface area contributed by atoms with Gasteiger partial charge in [-0.15, -0.1) is 0 Å². The second-order valence-corrected chi connectivity index (χ2v) is 9.06. The molecular weight excluding hydrogens is 480 g/mol. The molecule has 1 aliphatic rings. The Hall–Kier alpha value is -3.25. The molecule has 3 N–H and O–H groups in total. The Balaban J connectivity index is 1.54. The number of aliphatic hydroxyl groups is 1. The van der Waals surface area contributed by atoms with Gasteiger partial charge in [0.05, 0.1) is 29.5 Å². The molecule has 2 aromatic heterocycles. The maximum atomic E-state index is 14.6. The number of aromatic nitrogens is 3. The maximum absolute atomic E-state index is 14.6. The first-order chi connectivity index (χ1) is 17.1. The van der Waals surface area contributed by atoms with Crippen LogP contribution in [0.5, 0.6) is 0 Å². The predicted octanol–water partition coefficient (Wildman–Crippen LogP) is 3.32. The minimum absolute atomic E-state index is 0.000397.